The fourth-order valence-corrected chi connectivity index (χ4v) is 2.49. The Kier molecular flexibility index (Phi) is 3.81. The number of carbonyl (C=O) groups is 1. The molecular formula is C8H10AsNO2. The van der Waals surface area contributed by atoms with E-state index in [4.69, 9.17) is 5.11 Å². The second-order valence-electron chi connectivity index (χ2n) is 2.32. The summed E-state index contributed by atoms with van der Waals surface area (Å²) in [5.41, 5.74) is 1.01. The quantitative estimate of drug-likeness (QED) is 0.763. The van der Waals surface area contributed by atoms with Crippen molar-refractivity contribution in [3.8, 4) is 0 Å². The Morgan fingerprint density at radius 2 is 2.42 bits per heavy atom. The topological polar surface area (TPSA) is 50.2 Å². The zero-order valence-electron chi connectivity index (χ0n) is 6.53. The SMILES string of the molecule is O=C(O)C[AsH]Cc1ccccn1. The van der Waals surface area contributed by atoms with Gasteiger partial charge < -0.3 is 0 Å². The molecule has 1 N–H and O–H groups in total. The fourth-order valence-electron chi connectivity index (χ4n) is 0.800. The van der Waals surface area contributed by atoms with Crippen LogP contribution in [0.15, 0.2) is 24.4 Å². The molecule has 0 aliphatic heterocycles. The first-order valence-electron chi connectivity index (χ1n) is 3.61. The Morgan fingerprint density at radius 3 is 3.00 bits per heavy atom. The molecule has 1 aromatic rings. The van der Waals surface area contributed by atoms with Crippen LogP contribution in [0.4, 0.5) is 0 Å². The second-order valence-corrected chi connectivity index (χ2v) is 4.85. The number of hydrogen-bond donors (Lipinski definition) is 1. The Labute approximate surface area is 77.5 Å². The van der Waals surface area contributed by atoms with Crippen molar-refractivity contribution in [1.29, 1.82) is 0 Å². The van der Waals surface area contributed by atoms with E-state index in [1.807, 2.05) is 18.2 Å². The van der Waals surface area contributed by atoms with Gasteiger partial charge in [0.2, 0.25) is 0 Å². The molecule has 0 aromatic carbocycles. The molecule has 4 heteroatoms. The van der Waals surface area contributed by atoms with Crippen LogP contribution in [0.5, 0.6) is 0 Å². The molecule has 1 atom stereocenters. The summed E-state index contributed by atoms with van der Waals surface area (Å²) in [4.78, 5) is 14.3. The molecule has 0 spiro atoms. The predicted octanol–water partition coefficient (Wildman–Crippen LogP) is 0.521. The molecule has 64 valence electrons. The zero-order valence-corrected chi connectivity index (χ0v) is 8.62. The Bertz CT molecular complexity index is 250. The van der Waals surface area contributed by atoms with E-state index in [-0.39, 0.29) is 15.8 Å². The van der Waals surface area contributed by atoms with E-state index in [0.29, 0.717) is 5.21 Å². The van der Waals surface area contributed by atoms with Crippen LogP contribution in [-0.4, -0.2) is 31.8 Å². The molecule has 3 nitrogen and oxygen atoms in total. The normalized spacial score (nSPS) is 10.7. The van der Waals surface area contributed by atoms with Crippen molar-refractivity contribution < 1.29 is 9.90 Å². The molecule has 1 rings (SSSR count). The van der Waals surface area contributed by atoms with Gasteiger partial charge in [0.05, 0.1) is 0 Å². The first-order chi connectivity index (χ1) is 5.79. The van der Waals surface area contributed by atoms with Crippen molar-refractivity contribution in [3.05, 3.63) is 30.1 Å². The van der Waals surface area contributed by atoms with Crippen LogP contribution in [-0.2, 0) is 10.0 Å². The summed E-state index contributed by atoms with van der Waals surface area (Å²) >= 11 is -0.381. The third kappa shape index (κ3) is 3.53. The van der Waals surface area contributed by atoms with Crippen molar-refractivity contribution in [3.63, 3.8) is 0 Å². The molecule has 0 saturated heterocycles. The van der Waals surface area contributed by atoms with E-state index in [1.165, 1.54) is 0 Å². The zero-order chi connectivity index (χ0) is 8.81. The number of rotatable bonds is 4. The molecular weight excluding hydrogens is 217 g/mol. The van der Waals surface area contributed by atoms with Gasteiger partial charge in [-0.05, 0) is 0 Å². The molecule has 0 radical (unpaired) electrons. The molecule has 1 heterocycles. The molecule has 12 heavy (non-hydrogen) atoms. The summed E-state index contributed by atoms with van der Waals surface area (Å²) in [6.45, 7) is 0. The van der Waals surface area contributed by atoms with Gasteiger partial charge in [-0.2, -0.15) is 0 Å². The maximum atomic E-state index is 10.2. The van der Waals surface area contributed by atoms with Gasteiger partial charge in [0, 0.05) is 0 Å². The molecule has 0 aliphatic rings. The second kappa shape index (κ2) is 4.94. The molecule has 0 bridgehead atoms. The van der Waals surface area contributed by atoms with Crippen molar-refractivity contribution >= 4 is 21.7 Å². The molecule has 0 aliphatic carbocycles. The Hall–Kier alpha value is -0.822. The van der Waals surface area contributed by atoms with Gasteiger partial charge in [-0.25, -0.2) is 0 Å². The first-order valence-corrected chi connectivity index (χ1v) is 6.58. The van der Waals surface area contributed by atoms with Crippen LogP contribution in [0.25, 0.3) is 0 Å². The van der Waals surface area contributed by atoms with Crippen LogP contribution in [0.2, 0.25) is 5.21 Å². The van der Waals surface area contributed by atoms with Crippen molar-refractivity contribution in [2.24, 2.45) is 0 Å². The maximum absolute atomic E-state index is 10.2. The van der Waals surface area contributed by atoms with Crippen LogP contribution in [0.1, 0.15) is 5.69 Å². The Balaban J connectivity index is 2.29. The average Bonchev–Trinajstić information content (AvgIpc) is 2.05. The van der Waals surface area contributed by atoms with Gasteiger partial charge >= 0.3 is 77.1 Å². The third-order valence-electron chi connectivity index (χ3n) is 1.31. The summed E-state index contributed by atoms with van der Waals surface area (Å²) in [5, 5.41) is 9.61. The van der Waals surface area contributed by atoms with Crippen LogP contribution in [0.3, 0.4) is 0 Å². The molecule has 1 aromatic heterocycles. The van der Waals surface area contributed by atoms with E-state index >= 15 is 0 Å². The van der Waals surface area contributed by atoms with Crippen LogP contribution >= 0.6 is 0 Å². The average molecular weight is 227 g/mol. The Morgan fingerprint density at radius 1 is 1.58 bits per heavy atom. The van der Waals surface area contributed by atoms with Gasteiger partial charge in [-0.15, -0.1) is 0 Å². The number of carboxylic acids is 1. The molecule has 0 fully saturated rings. The van der Waals surface area contributed by atoms with Crippen molar-refractivity contribution in [1.82, 2.24) is 4.98 Å². The third-order valence-corrected chi connectivity index (χ3v) is 3.75. The van der Waals surface area contributed by atoms with E-state index in [2.05, 4.69) is 4.98 Å². The summed E-state index contributed by atoms with van der Waals surface area (Å²) in [5.74, 6) is -0.689. The number of nitrogens with zero attached hydrogens (tertiary/aromatic N) is 1. The first kappa shape index (κ1) is 9.27. The summed E-state index contributed by atoms with van der Waals surface area (Å²) in [6.07, 6.45) is 1.74. The predicted molar refractivity (Wildman–Crippen MR) is 47.5 cm³/mol. The standard InChI is InChI=1S/C8H10AsNO2/c11-8(12)6-9-5-7-3-1-2-4-10-7/h1-4,9H,5-6H2,(H,11,12). The summed E-state index contributed by atoms with van der Waals surface area (Å²) < 4.78 is 0. The van der Waals surface area contributed by atoms with E-state index in [1.54, 1.807) is 6.20 Å². The molecule has 1 unspecified atom stereocenters. The van der Waals surface area contributed by atoms with Gasteiger partial charge in [0.25, 0.3) is 0 Å². The van der Waals surface area contributed by atoms with Gasteiger partial charge in [-0.1, -0.05) is 0 Å². The van der Waals surface area contributed by atoms with Gasteiger partial charge in [0.1, 0.15) is 0 Å². The number of pyridine rings is 1. The summed E-state index contributed by atoms with van der Waals surface area (Å²) in [7, 11) is 0. The number of aromatic nitrogens is 1. The number of aliphatic carboxylic acids is 1. The van der Waals surface area contributed by atoms with Crippen molar-refractivity contribution in [2.75, 3.05) is 0 Å². The molecule has 0 amide bonds. The van der Waals surface area contributed by atoms with Crippen LogP contribution in [0, 0.1) is 0 Å². The number of hydrogen-bond acceptors (Lipinski definition) is 2. The van der Waals surface area contributed by atoms with E-state index in [9.17, 15) is 4.79 Å². The van der Waals surface area contributed by atoms with Gasteiger partial charge in [0.15, 0.2) is 0 Å². The van der Waals surface area contributed by atoms with Crippen molar-refractivity contribution in [2.45, 2.75) is 10.4 Å². The molecule has 0 saturated carbocycles. The summed E-state index contributed by atoms with van der Waals surface area (Å²) in [6, 6.07) is 5.72. The van der Waals surface area contributed by atoms with E-state index < -0.39 is 5.97 Å². The minimum atomic E-state index is -0.689. The van der Waals surface area contributed by atoms with E-state index in [0.717, 1.165) is 10.9 Å². The number of carboxylic acid groups (broad SMARTS) is 1. The fraction of sp³-hybridized carbons (Fsp3) is 0.250. The monoisotopic (exact) mass is 227 g/mol. The minimum absolute atomic E-state index is 0.344. The van der Waals surface area contributed by atoms with Gasteiger partial charge in [-0.3, -0.25) is 0 Å². The van der Waals surface area contributed by atoms with Crippen LogP contribution < -0.4 is 0 Å².